The second-order valence-electron chi connectivity index (χ2n) is 10.2. The Hall–Kier alpha value is -4.01. The number of aromatic amines is 1. The van der Waals surface area contributed by atoms with Crippen molar-refractivity contribution >= 4 is 28.0 Å². The van der Waals surface area contributed by atoms with Crippen molar-refractivity contribution in [2.75, 3.05) is 26.2 Å². The Kier molecular flexibility index (Phi) is 6.66. The average molecular weight is 510 g/mol. The van der Waals surface area contributed by atoms with Crippen molar-refractivity contribution in [3.63, 3.8) is 0 Å². The van der Waals surface area contributed by atoms with Crippen molar-refractivity contribution in [2.45, 2.75) is 32.2 Å². The normalized spacial score (nSPS) is 16.2. The zero-order valence-electron chi connectivity index (χ0n) is 21.2. The van der Waals surface area contributed by atoms with Crippen LogP contribution in [0.5, 0.6) is 5.88 Å². The minimum atomic E-state index is -0.420. The lowest BCUT2D eigenvalue weighted by molar-refractivity contribution is -0.384. The first-order chi connectivity index (χ1) is 18.5. The highest BCUT2D eigenvalue weighted by Crippen LogP contribution is 2.34. The first kappa shape index (κ1) is 24.3. The molecule has 1 aromatic heterocycles. The van der Waals surface area contributed by atoms with Gasteiger partial charge in [0.2, 0.25) is 0 Å². The van der Waals surface area contributed by atoms with Crippen LogP contribution in [0.15, 0.2) is 65.7 Å². The molecule has 3 heterocycles. The van der Waals surface area contributed by atoms with E-state index in [9.17, 15) is 15.2 Å². The highest BCUT2D eigenvalue weighted by Gasteiger charge is 2.21. The number of H-pyrrole nitrogens is 1. The first-order valence-corrected chi connectivity index (χ1v) is 13.3. The number of hydrogen-bond donors (Lipinski definition) is 3. The van der Waals surface area contributed by atoms with Crippen LogP contribution >= 0.6 is 0 Å². The summed E-state index contributed by atoms with van der Waals surface area (Å²) in [5, 5.41) is 26.5. The van der Waals surface area contributed by atoms with Gasteiger partial charge in [-0.05, 0) is 80.2 Å². The predicted molar refractivity (Wildman–Crippen MR) is 150 cm³/mol. The SMILES string of the molecule is O=[N+]([O-])c1ccc2[nH]c(O)c(C(=Nc3ccc4c(c3)CCNC4)c3ccc(CCN4CCCC4)cc3)c2c1. The number of nitrogens with zero attached hydrogens (tertiary/aromatic N) is 3. The van der Waals surface area contributed by atoms with Crippen LogP contribution in [0.1, 0.15) is 40.7 Å². The van der Waals surface area contributed by atoms with E-state index in [1.807, 2.05) is 18.2 Å². The quantitative estimate of drug-likeness (QED) is 0.180. The number of rotatable bonds is 7. The van der Waals surface area contributed by atoms with Gasteiger partial charge in [0.1, 0.15) is 0 Å². The minimum absolute atomic E-state index is 0.0318. The smallest absolute Gasteiger partial charge is 0.270 e. The van der Waals surface area contributed by atoms with Gasteiger partial charge in [-0.25, -0.2) is 4.99 Å². The number of hydrogen-bond acceptors (Lipinski definition) is 6. The number of aromatic hydroxyl groups is 1. The molecule has 2 aliphatic heterocycles. The summed E-state index contributed by atoms with van der Waals surface area (Å²) in [5.41, 5.74) is 7.05. The van der Waals surface area contributed by atoms with Gasteiger partial charge in [-0.2, -0.15) is 0 Å². The van der Waals surface area contributed by atoms with Crippen LogP contribution in [0.3, 0.4) is 0 Å². The summed E-state index contributed by atoms with van der Waals surface area (Å²) in [6.07, 6.45) is 4.48. The van der Waals surface area contributed by atoms with E-state index in [-0.39, 0.29) is 11.6 Å². The Labute approximate surface area is 221 Å². The number of nitro benzene ring substituents is 1. The highest BCUT2D eigenvalue weighted by molar-refractivity contribution is 6.22. The zero-order chi connectivity index (χ0) is 26.1. The largest absolute Gasteiger partial charge is 0.494 e. The molecule has 3 aromatic carbocycles. The molecule has 8 heteroatoms. The van der Waals surface area contributed by atoms with E-state index in [0.717, 1.165) is 43.7 Å². The molecular formula is C30H31N5O3. The second kappa shape index (κ2) is 10.4. The third kappa shape index (κ3) is 4.92. The van der Waals surface area contributed by atoms with Crippen molar-refractivity contribution < 1.29 is 10.0 Å². The van der Waals surface area contributed by atoms with Gasteiger partial charge in [-0.15, -0.1) is 0 Å². The fourth-order valence-corrected chi connectivity index (χ4v) is 5.57. The molecule has 0 aliphatic carbocycles. The monoisotopic (exact) mass is 509 g/mol. The summed E-state index contributed by atoms with van der Waals surface area (Å²) < 4.78 is 0. The number of benzene rings is 3. The van der Waals surface area contributed by atoms with Gasteiger partial charge in [0, 0.05) is 41.7 Å². The second-order valence-corrected chi connectivity index (χ2v) is 10.2. The molecular weight excluding hydrogens is 478 g/mol. The third-order valence-electron chi connectivity index (χ3n) is 7.67. The Balaban J connectivity index is 1.42. The fraction of sp³-hybridized carbons (Fsp3) is 0.300. The molecule has 194 valence electrons. The molecule has 0 unspecified atom stereocenters. The molecule has 8 nitrogen and oxygen atoms in total. The van der Waals surface area contributed by atoms with E-state index in [0.29, 0.717) is 22.2 Å². The molecule has 1 fully saturated rings. The summed E-state index contributed by atoms with van der Waals surface area (Å²) in [7, 11) is 0. The number of fused-ring (bicyclic) bond motifs is 2. The molecule has 0 atom stereocenters. The summed E-state index contributed by atoms with van der Waals surface area (Å²) in [5.74, 6) is -0.0560. The number of non-ortho nitro benzene ring substituents is 1. The molecule has 0 bridgehead atoms. The van der Waals surface area contributed by atoms with Crippen LogP contribution in [0, 0.1) is 10.1 Å². The Morgan fingerprint density at radius 3 is 2.63 bits per heavy atom. The maximum Gasteiger partial charge on any atom is 0.270 e. The van der Waals surface area contributed by atoms with Crippen molar-refractivity contribution in [1.82, 2.24) is 15.2 Å². The summed E-state index contributed by atoms with van der Waals surface area (Å²) >= 11 is 0. The van der Waals surface area contributed by atoms with Gasteiger partial charge in [0.05, 0.1) is 21.9 Å². The number of aliphatic imine (C=N–C) groups is 1. The van der Waals surface area contributed by atoms with Gasteiger partial charge >= 0.3 is 0 Å². The van der Waals surface area contributed by atoms with E-state index in [2.05, 4.69) is 39.5 Å². The zero-order valence-corrected chi connectivity index (χ0v) is 21.2. The number of nitro groups is 1. The Bertz CT molecular complexity index is 1520. The highest BCUT2D eigenvalue weighted by atomic mass is 16.6. The maximum absolute atomic E-state index is 11.5. The lowest BCUT2D eigenvalue weighted by Crippen LogP contribution is -2.23. The standard InChI is InChI=1S/C30H31N5O3/c36-30-28(26-18-25(35(37)38)9-10-27(26)33-30)29(32-24-8-7-23-19-31-13-11-22(23)17-24)21-5-3-20(4-6-21)12-16-34-14-1-2-15-34/h3-10,17-18,31,33,36H,1-2,11-16,19H2. The third-order valence-corrected chi connectivity index (χ3v) is 7.67. The van der Waals surface area contributed by atoms with Crippen molar-refractivity contribution in [3.05, 3.63) is 98.6 Å². The van der Waals surface area contributed by atoms with E-state index < -0.39 is 4.92 Å². The number of aromatic nitrogens is 1. The molecule has 38 heavy (non-hydrogen) atoms. The van der Waals surface area contributed by atoms with Gasteiger partial charge in [0.25, 0.3) is 5.69 Å². The summed E-state index contributed by atoms with van der Waals surface area (Å²) in [4.78, 5) is 21.6. The molecule has 0 amide bonds. The molecule has 4 aromatic rings. The van der Waals surface area contributed by atoms with Crippen LogP contribution in [-0.4, -0.2) is 51.8 Å². The molecule has 6 rings (SSSR count). The number of nitrogens with one attached hydrogen (secondary N) is 2. The Morgan fingerprint density at radius 2 is 1.84 bits per heavy atom. The van der Waals surface area contributed by atoms with E-state index in [4.69, 9.17) is 4.99 Å². The van der Waals surface area contributed by atoms with Crippen molar-refractivity contribution in [2.24, 2.45) is 4.99 Å². The molecule has 1 saturated heterocycles. The Morgan fingerprint density at radius 1 is 1.03 bits per heavy atom. The lowest BCUT2D eigenvalue weighted by Gasteiger charge is -2.17. The molecule has 3 N–H and O–H groups in total. The van der Waals surface area contributed by atoms with Crippen molar-refractivity contribution in [3.8, 4) is 5.88 Å². The van der Waals surface area contributed by atoms with Gasteiger partial charge < -0.3 is 20.3 Å². The van der Waals surface area contributed by atoms with Gasteiger partial charge in [-0.3, -0.25) is 10.1 Å². The van der Waals surface area contributed by atoms with E-state index >= 15 is 0 Å². The summed E-state index contributed by atoms with van der Waals surface area (Å²) in [6, 6.07) is 19.1. The predicted octanol–water partition coefficient (Wildman–Crippen LogP) is 5.23. The topological polar surface area (TPSA) is 107 Å². The van der Waals surface area contributed by atoms with Crippen LogP contribution in [0.2, 0.25) is 0 Å². The maximum atomic E-state index is 11.5. The van der Waals surface area contributed by atoms with Crippen molar-refractivity contribution in [1.29, 1.82) is 0 Å². The molecule has 2 aliphatic rings. The van der Waals surface area contributed by atoms with Gasteiger partial charge in [-0.1, -0.05) is 30.3 Å². The first-order valence-electron chi connectivity index (χ1n) is 13.3. The fourth-order valence-electron chi connectivity index (χ4n) is 5.57. The average Bonchev–Trinajstić information content (AvgIpc) is 3.57. The van der Waals surface area contributed by atoms with Crippen LogP contribution in [0.4, 0.5) is 11.4 Å². The van der Waals surface area contributed by atoms with Gasteiger partial charge in [0.15, 0.2) is 5.88 Å². The van der Waals surface area contributed by atoms with E-state index in [1.54, 1.807) is 6.07 Å². The molecule has 0 saturated carbocycles. The molecule has 0 spiro atoms. The number of likely N-dealkylation sites (tertiary alicyclic amines) is 1. The lowest BCUT2D eigenvalue weighted by atomic mass is 9.98. The van der Waals surface area contributed by atoms with Crippen LogP contribution in [-0.2, 0) is 19.4 Å². The van der Waals surface area contributed by atoms with Crippen LogP contribution in [0.25, 0.3) is 10.9 Å². The summed E-state index contributed by atoms with van der Waals surface area (Å²) in [6.45, 7) is 5.18. The van der Waals surface area contributed by atoms with E-state index in [1.165, 1.54) is 54.8 Å². The molecule has 0 radical (unpaired) electrons. The van der Waals surface area contributed by atoms with Crippen LogP contribution < -0.4 is 5.32 Å². The minimum Gasteiger partial charge on any atom is -0.494 e.